The first-order valence-corrected chi connectivity index (χ1v) is 7.78. The van der Waals surface area contributed by atoms with Gasteiger partial charge in [0.05, 0.1) is 18.7 Å². The van der Waals surface area contributed by atoms with Gasteiger partial charge in [-0.3, -0.25) is 9.59 Å². The average Bonchev–Trinajstić information content (AvgIpc) is 3.13. The molecule has 2 amide bonds. The van der Waals surface area contributed by atoms with Gasteiger partial charge < -0.3 is 14.6 Å². The number of rotatable bonds is 4. The molecule has 1 N–H and O–H groups in total. The number of furan rings is 1. The molecule has 22 heavy (non-hydrogen) atoms. The molecule has 0 radical (unpaired) electrons. The van der Waals surface area contributed by atoms with Gasteiger partial charge in [-0.1, -0.05) is 15.9 Å². The number of carbonyl (C=O) groups is 2. The van der Waals surface area contributed by atoms with Gasteiger partial charge in [0.2, 0.25) is 11.8 Å². The first-order chi connectivity index (χ1) is 10.6. The summed E-state index contributed by atoms with van der Waals surface area (Å²) >= 11 is 3.35. The Morgan fingerprint density at radius 3 is 2.77 bits per heavy atom. The van der Waals surface area contributed by atoms with E-state index in [4.69, 9.17) is 4.42 Å². The molecule has 1 unspecified atom stereocenters. The standard InChI is InChI=1S/C16H15BrN2O3/c17-12-3-5-13(6-4-12)18-16(21)11-8-15(20)19(9-11)10-14-2-1-7-22-14/h1-7,11H,8-10H2,(H,18,21). The van der Waals surface area contributed by atoms with E-state index in [2.05, 4.69) is 21.2 Å². The Kier molecular flexibility index (Phi) is 4.29. The van der Waals surface area contributed by atoms with Crippen LogP contribution >= 0.6 is 15.9 Å². The Morgan fingerprint density at radius 2 is 2.09 bits per heavy atom. The molecule has 1 atom stereocenters. The molecule has 0 spiro atoms. The number of nitrogens with zero attached hydrogens (tertiary/aromatic N) is 1. The number of carbonyl (C=O) groups excluding carboxylic acids is 2. The van der Waals surface area contributed by atoms with Gasteiger partial charge in [0, 0.05) is 23.1 Å². The van der Waals surface area contributed by atoms with E-state index in [1.165, 1.54) is 0 Å². The van der Waals surface area contributed by atoms with Crippen LogP contribution in [0.1, 0.15) is 12.2 Å². The van der Waals surface area contributed by atoms with Gasteiger partial charge in [-0.25, -0.2) is 0 Å². The summed E-state index contributed by atoms with van der Waals surface area (Å²) in [6, 6.07) is 11.0. The van der Waals surface area contributed by atoms with Crippen LogP contribution in [-0.2, 0) is 16.1 Å². The second-order valence-electron chi connectivity index (χ2n) is 5.25. The summed E-state index contributed by atoms with van der Waals surface area (Å²) < 4.78 is 6.20. The summed E-state index contributed by atoms with van der Waals surface area (Å²) in [5.74, 6) is 0.249. The summed E-state index contributed by atoms with van der Waals surface area (Å²) in [6.07, 6.45) is 1.82. The Bertz CT molecular complexity index is 667. The lowest BCUT2D eigenvalue weighted by atomic mass is 10.1. The molecule has 114 valence electrons. The van der Waals surface area contributed by atoms with E-state index in [1.54, 1.807) is 17.2 Å². The van der Waals surface area contributed by atoms with Crippen LogP contribution < -0.4 is 5.32 Å². The van der Waals surface area contributed by atoms with Crippen molar-refractivity contribution in [2.45, 2.75) is 13.0 Å². The lowest BCUT2D eigenvalue weighted by Gasteiger charge is -2.15. The highest BCUT2D eigenvalue weighted by atomic mass is 79.9. The molecule has 2 aromatic rings. The minimum Gasteiger partial charge on any atom is -0.467 e. The molecule has 5 nitrogen and oxygen atoms in total. The lowest BCUT2D eigenvalue weighted by molar-refractivity contribution is -0.128. The molecule has 0 bridgehead atoms. The largest absolute Gasteiger partial charge is 0.467 e. The molecule has 1 aliphatic heterocycles. The highest BCUT2D eigenvalue weighted by molar-refractivity contribution is 9.10. The van der Waals surface area contributed by atoms with Gasteiger partial charge in [-0.2, -0.15) is 0 Å². The number of halogens is 1. The van der Waals surface area contributed by atoms with E-state index in [0.717, 1.165) is 15.9 Å². The monoisotopic (exact) mass is 362 g/mol. The fourth-order valence-electron chi connectivity index (χ4n) is 2.47. The molecule has 3 rings (SSSR count). The molecular weight excluding hydrogens is 348 g/mol. The molecule has 1 fully saturated rings. The maximum absolute atomic E-state index is 12.3. The number of hydrogen-bond donors (Lipinski definition) is 1. The fraction of sp³-hybridized carbons (Fsp3) is 0.250. The molecule has 1 saturated heterocycles. The Morgan fingerprint density at radius 1 is 1.32 bits per heavy atom. The predicted molar refractivity (Wildman–Crippen MR) is 85.0 cm³/mol. The smallest absolute Gasteiger partial charge is 0.229 e. The molecule has 6 heteroatoms. The first-order valence-electron chi connectivity index (χ1n) is 6.98. The predicted octanol–water partition coefficient (Wildman–Crippen LogP) is 3.03. The van der Waals surface area contributed by atoms with Gasteiger partial charge in [-0.05, 0) is 36.4 Å². The van der Waals surface area contributed by atoms with Crippen LogP contribution in [0.25, 0.3) is 0 Å². The van der Waals surface area contributed by atoms with Crippen LogP contribution in [0.3, 0.4) is 0 Å². The SMILES string of the molecule is O=C(Nc1ccc(Br)cc1)C1CC(=O)N(Cc2ccco2)C1. The maximum atomic E-state index is 12.3. The van der Waals surface area contributed by atoms with Crippen molar-refractivity contribution in [3.8, 4) is 0 Å². The quantitative estimate of drug-likeness (QED) is 0.908. The molecular formula is C16H15BrN2O3. The van der Waals surface area contributed by atoms with Crippen molar-refractivity contribution in [2.24, 2.45) is 5.92 Å². The summed E-state index contributed by atoms with van der Waals surface area (Å²) in [6.45, 7) is 0.829. The van der Waals surface area contributed by atoms with E-state index < -0.39 is 0 Å². The zero-order valence-corrected chi connectivity index (χ0v) is 13.4. The third-order valence-corrected chi connectivity index (χ3v) is 4.15. The van der Waals surface area contributed by atoms with E-state index in [-0.39, 0.29) is 24.2 Å². The van der Waals surface area contributed by atoms with Crippen molar-refractivity contribution in [1.29, 1.82) is 0 Å². The van der Waals surface area contributed by atoms with Crippen LogP contribution in [0.2, 0.25) is 0 Å². The van der Waals surface area contributed by atoms with Crippen molar-refractivity contribution in [1.82, 2.24) is 4.90 Å². The lowest BCUT2D eigenvalue weighted by Crippen LogP contribution is -2.27. The molecule has 1 aliphatic rings. The Labute approximate surface area is 136 Å². The van der Waals surface area contributed by atoms with Crippen molar-refractivity contribution in [3.05, 3.63) is 52.9 Å². The van der Waals surface area contributed by atoms with Crippen molar-refractivity contribution < 1.29 is 14.0 Å². The number of hydrogen-bond acceptors (Lipinski definition) is 3. The maximum Gasteiger partial charge on any atom is 0.229 e. The average molecular weight is 363 g/mol. The van der Waals surface area contributed by atoms with Crippen LogP contribution in [0.15, 0.2) is 51.6 Å². The van der Waals surface area contributed by atoms with E-state index in [0.29, 0.717) is 13.1 Å². The highest BCUT2D eigenvalue weighted by Gasteiger charge is 2.34. The van der Waals surface area contributed by atoms with Gasteiger partial charge in [-0.15, -0.1) is 0 Å². The van der Waals surface area contributed by atoms with Gasteiger partial charge in [0.15, 0.2) is 0 Å². The Hall–Kier alpha value is -2.08. The summed E-state index contributed by atoms with van der Waals surface area (Å²) in [5.41, 5.74) is 0.727. The van der Waals surface area contributed by atoms with E-state index in [1.807, 2.05) is 30.3 Å². The zero-order valence-electron chi connectivity index (χ0n) is 11.8. The molecule has 1 aromatic heterocycles. The zero-order chi connectivity index (χ0) is 15.5. The second kappa shape index (κ2) is 6.36. The van der Waals surface area contributed by atoms with Gasteiger partial charge in [0.25, 0.3) is 0 Å². The topological polar surface area (TPSA) is 62.6 Å². The molecule has 2 heterocycles. The van der Waals surface area contributed by atoms with Crippen LogP contribution in [0, 0.1) is 5.92 Å². The van der Waals surface area contributed by atoms with Crippen LogP contribution in [0.5, 0.6) is 0 Å². The second-order valence-corrected chi connectivity index (χ2v) is 6.17. The van der Waals surface area contributed by atoms with Crippen LogP contribution in [0.4, 0.5) is 5.69 Å². The van der Waals surface area contributed by atoms with Crippen molar-refractivity contribution in [2.75, 3.05) is 11.9 Å². The fourth-order valence-corrected chi connectivity index (χ4v) is 2.73. The Balaban J connectivity index is 1.60. The number of amides is 2. The number of benzene rings is 1. The molecule has 0 saturated carbocycles. The summed E-state index contributed by atoms with van der Waals surface area (Å²) in [5, 5.41) is 2.85. The number of nitrogens with one attached hydrogen (secondary N) is 1. The van der Waals surface area contributed by atoms with Crippen molar-refractivity contribution in [3.63, 3.8) is 0 Å². The minimum absolute atomic E-state index is 0.0210. The van der Waals surface area contributed by atoms with Gasteiger partial charge >= 0.3 is 0 Å². The molecule has 0 aliphatic carbocycles. The minimum atomic E-state index is -0.328. The van der Waals surface area contributed by atoms with Crippen LogP contribution in [-0.4, -0.2) is 23.3 Å². The van der Waals surface area contributed by atoms with E-state index in [9.17, 15) is 9.59 Å². The van der Waals surface area contributed by atoms with E-state index >= 15 is 0 Å². The van der Waals surface area contributed by atoms with Crippen molar-refractivity contribution >= 4 is 33.4 Å². The summed E-state index contributed by atoms with van der Waals surface area (Å²) in [4.78, 5) is 25.9. The third-order valence-electron chi connectivity index (χ3n) is 3.62. The first kappa shape index (κ1) is 14.8. The number of likely N-dealkylation sites (tertiary alicyclic amines) is 1. The highest BCUT2D eigenvalue weighted by Crippen LogP contribution is 2.22. The van der Waals surface area contributed by atoms with Gasteiger partial charge in [0.1, 0.15) is 5.76 Å². The summed E-state index contributed by atoms with van der Waals surface area (Å²) in [7, 11) is 0. The third kappa shape index (κ3) is 3.39. The molecule has 1 aromatic carbocycles. The number of anilines is 1. The normalized spacial score (nSPS) is 17.8.